The number of aliphatic imine (C=N–C) groups is 1. The second kappa shape index (κ2) is 8.09. The molecule has 1 rings (SSSR count). The van der Waals surface area contributed by atoms with Crippen LogP contribution in [0.4, 0.5) is 0 Å². The molecular formula is C15H19NO4. The van der Waals surface area contributed by atoms with Crippen molar-refractivity contribution in [2.45, 2.75) is 33.1 Å². The van der Waals surface area contributed by atoms with Gasteiger partial charge in [-0.2, -0.15) is 4.99 Å². The van der Waals surface area contributed by atoms with Gasteiger partial charge in [0.05, 0.1) is 12.2 Å². The second-order valence-corrected chi connectivity index (χ2v) is 4.23. The lowest BCUT2D eigenvalue weighted by atomic mass is 10.1. The molecule has 5 nitrogen and oxygen atoms in total. The predicted molar refractivity (Wildman–Crippen MR) is 76.3 cm³/mol. The number of nitrogens with zero attached hydrogens (tertiary/aromatic N) is 1. The Morgan fingerprint density at radius 2 is 1.75 bits per heavy atom. The van der Waals surface area contributed by atoms with E-state index in [0.717, 1.165) is 12.8 Å². The Bertz CT molecular complexity index is 491. The van der Waals surface area contributed by atoms with Gasteiger partial charge in [-0.05, 0) is 37.6 Å². The maximum Gasteiger partial charge on any atom is 0.335 e. The van der Waals surface area contributed by atoms with E-state index in [2.05, 4.69) is 11.9 Å². The molecule has 0 saturated heterocycles. The Morgan fingerprint density at radius 3 is 2.25 bits per heavy atom. The fourth-order valence-electron chi connectivity index (χ4n) is 1.59. The van der Waals surface area contributed by atoms with Crippen molar-refractivity contribution in [3.8, 4) is 0 Å². The van der Waals surface area contributed by atoms with E-state index in [9.17, 15) is 9.59 Å². The van der Waals surface area contributed by atoms with Crippen molar-refractivity contribution in [2.24, 2.45) is 4.99 Å². The van der Waals surface area contributed by atoms with E-state index in [1.807, 2.05) is 6.92 Å². The van der Waals surface area contributed by atoms with E-state index in [1.54, 1.807) is 0 Å². The molecule has 5 heteroatoms. The number of rotatable bonds is 6. The molecule has 1 aromatic carbocycles. The van der Waals surface area contributed by atoms with Crippen molar-refractivity contribution in [3.05, 3.63) is 35.4 Å². The van der Waals surface area contributed by atoms with Gasteiger partial charge in [0, 0.05) is 12.0 Å². The summed E-state index contributed by atoms with van der Waals surface area (Å²) in [6.07, 6.45) is 2.53. The van der Waals surface area contributed by atoms with Gasteiger partial charge in [0.15, 0.2) is 5.90 Å². The maximum absolute atomic E-state index is 12.0. The molecule has 0 atom stereocenters. The minimum atomic E-state index is -1.02. The summed E-state index contributed by atoms with van der Waals surface area (Å²) >= 11 is 0. The van der Waals surface area contributed by atoms with Crippen LogP contribution in [0, 0.1) is 0 Å². The van der Waals surface area contributed by atoms with Crippen molar-refractivity contribution in [1.82, 2.24) is 0 Å². The Hall–Kier alpha value is -2.17. The molecule has 0 heterocycles. The highest BCUT2D eigenvalue weighted by atomic mass is 16.5. The van der Waals surface area contributed by atoms with Crippen LogP contribution >= 0.6 is 0 Å². The van der Waals surface area contributed by atoms with Gasteiger partial charge in [-0.15, -0.1) is 0 Å². The molecule has 20 heavy (non-hydrogen) atoms. The van der Waals surface area contributed by atoms with Gasteiger partial charge in [0.2, 0.25) is 0 Å². The summed E-state index contributed by atoms with van der Waals surface area (Å²) in [5.74, 6) is -1.01. The number of aromatic carboxylic acids is 1. The minimum absolute atomic E-state index is 0.140. The molecule has 108 valence electrons. The molecule has 1 N–H and O–H groups in total. The van der Waals surface area contributed by atoms with Crippen LogP contribution in [-0.4, -0.2) is 29.5 Å². The van der Waals surface area contributed by atoms with Crippen molar-refractivity contribution < 1.29 is 19.4 Å². The fraction of sp³-hybridized carbons (Fsp3) is 0.400. The maximum atomic E-state index is 12.0. The zero-order valence-electron chi connectivity index (χ0n) is 11.8. The Balaban J connectivity index is 2.83. The lowest BCUT2D eigenvalue weighted by Gasteiger charge is -2.06. The van der Waals surface area contributed by atoms with Crippen molar-refractivity contribution in [3.63, 3.8) is 0 Å². The van der Waals surface area contributed by atoms with E-state index in [-0.39, 0.29) is 5.56 Å². The molecule has 0 radical (unpaired) electrons. The molecule has 0 aliphatic carbocycles. The molecule has 0 fully saturated rings. The molecule has 0 aliphatic rings. The SMILES string of the molecule is CCCCC(=NC(=O)c1ccc(C(=O)O)cc1)OCC. The van der Waals surface area contributed by atoms with Crippen molar-refractivity contribution in [2.75, 3.05) is 6.61 Å². The molecule has 0 aliphatic heterocycles. The number of carboxylic acid groups (broad SMARTS) is 1. The largest absolute Gasteiger partial charge is 0.481 e. The van der Waals surface area contributed by atoms with Gasteiger partial charge in [0.25, 0.3) is 5.91 Å². The highest BCUT2D eigenvalue weighted by Crippen LogP contribution is 2.08. The van der Waals surface area contributed by atoms with Crippen LogP contribution in [-0.2, 0) is 4.74 Å². The first-order chi connectivity index (χ1) is 9.58. The zero-order valence-corrected chi connectivity index (χ0v) is 11.8. The number of amides is 1. The van der Waals surface area contributed by atoms with Crippen LogP contribution < -0.4 is 0 Å². The first-order valence-electron chi connectivity index (χ1n) is 6.66. The lowest BCUT2D eigenvalue weighted by molar-refractivity contribution is 0.0696. The third-order valence-electron chi connectivity index (χ3n) is 2.66. The number of unbranched alkanes of at least 4 members (excludes halogenated alkanes) is 1. The standard InChI is InChI=1S/C15H19NO4/c1-3-5-6-13(20-4-2)16-14(17)11-7-9-12(10-8-11)15(18)19/h7-10H,3-6H2,1-2H3,(H,18,19). The predicted octanol–water partition coefficient (Wildman–Crippen LogP) is 3.15. The normalized spacial score (nSPS) is 11.2. The number of ether oxygens (including phenoxy) is 1. The lowest BCUT2D eigenvalue weighted by Crippen LogP contribution is -2.09. The van der Waals surface area contributed by atoms with Crippen LogP contribution in [0.5, 0.6) is 0 Å². The van der Waals surface area contributed by atoms with Crippen LogP contribution in [0.15, 0.2) is 29.3 Å². The van der Waals surface area contributed by atoms with Crippen molar-refractivity contribution in [1.29, 1.82) is 0 Å². The summed E-state index contributed by atoms with van der Waals surface area (Å²) < 4.78 is 5.33. The quantitative estimate of drug-likeness (QED) is 0.640. The molecule has 1 aromatic rings. The number of hydrogen-bond acceptors (Lipinski definition) is 3. The minimum Gasteiger partial charge on any atom is -0.481 e. The Morgan fingerprint density at radius 1 is 1.15 bits per heavy atom. The molecular weight excluding hydrogens is 258 g/mol. The van der Waals surface area contributed by atoms with Gasteiger partial charge in [-0.25, -0.2) is 4.79 Å². The highest BCUT2D eigenvalue weighted by molar-refractivity contribution is 6.02. The molecule has 0 bridgehead atoms. The van der Waals surface area contributed by atoms with E-state index < -0.39 is 11.9 Å². The zero-order chi connectivity index (χ0) is 15.0. The highest BCUT2D eigenvalue weighted by Gasteiger charge is 2.09. The summed E-state index contributed by atoms with van der Waals surface area (Å²) in [5.41, 5.74) is 0.491. The third kappa shape index (κ3) is 4.84. The molecule has 0 spiro atoms. The average molecular weight is 277 g/mol. The fourth-order valence-corrected chi connectivity index (χ4v) is 1.59. The van der Waals surface area contributed by atoms with E-state index >= 15 is 0 Å². The summed E-state index contributed by atoms with van der Waals surface area (Å²) in [7, 11) is 0. The molecule has 0 unspecified atom stereocenters. The van der Waals surface area contributed by atoms with Crippen LogP contribution in [0.25, 0.3) is 0 Å². The molecule has 0 saturated carbocycles. The Labute approximate surface area is 118 Å². The smallest absolute Gasteiger partial charge is 0.335 e. The average Bonchev–Trinajstić information content (AvgIpc) is 2.45. The van der Waals surface area contributed by atoms with Gasteiger partial charge >= 0.3 is 5.97 Å². The summed E-state index contributed by atoms with van der Waals surface area (Å²) in [6, 6.07) is 5.69. The molecule has 0 aromatic heterocycles. The third-order valence-corrected chi connectivity index (χ3v) is 2.66. The number of carbonyl (C=O) groups is 2. The van der Waals surface area contributed by atoms with E-state index in [1.165, 1.54) is 24.3 Å². The van der Waals surface area contributed by atoms with Gasteiger partial charge in [-0.3, -0.25) is 4.79 Å². The van der Waals surface area contributed by atoms with Crippen LogP contribution in [0.3, 0.4) is 0 Å². The topological polar surface area (TPSA) is 76.0 Å². The number of benzene rings is 1. The second-order valence-electron chi connectivity index (χ2n) is 4.23. The van der Waals surface area contributed by atoms with Crippen LogP contribution in [0.2, 0.25) is 0 Å². The van der Waals surface area contributed by atoms with Crippen molar-refractivity contribution >= 4 is 17.8 Å². The summed E-state index contributed by atoms with van der Waals surface area (Å²) in [4.78, 5) is 26.6. The monoisotopic (exact) mass is 277 g/mol. The van der Waals surface area contributed by atoms with E-state index in [4.69, 9.17) is 9.84 Å². The first kappa shape index (κ1) is 15.9. The number of carboxylic acids is 1. The summed E-state index contributed by atoms with van der Waals surface area (Å²) in [6.45, 7) is 4.36. The number of hydrogen-bond donors (Lipinski definition) is 1. The number of carbonyl (C=O) groups excluding carboxylic acids is 1. The van der Waals surface area contributed by atoms with Gasteiger partial charge in [-0.1, -0.05) is 13.3 Å². The molecule has 1 amide bonds. The first-order valence-corrected chi connectivity index (χ1v) is 6.66. The Kier molecular flexibility index (Phi) is 6.43. The van der Waals surface area contributed by atoms with Crippen LogP contribution in [0.1, 0.15) is 53.8 Å². The van der Waals surface area contributed by atoms with Gasteiger partial charge < -0.3 is 9.84 Å². The van der Waals surface area contributed by atoms with Gasteiger partial charge in [0.1, 0.15) is 0 Å². The summed E-state index contributed by atoms with van der Waals surface area (Å²) in [5, 5.41) is 8.79. The van der Waals surface area contributed by atoms with E-state index in [0.29, 0.717) is 24.5 Å².